The summed E-state index contributed by atoms with van der Waals surface area (Å²) in [4.78, 5) is 22.9. The fourth-order valence-corrected chi connectivity index (χ4v) is 2.58. The molecule has 0 spiro atoms. The van der Waals surface area contributed by atoms with Crippen molar-refractivity contribution < 1.29 is 24.2 Å². The van der Waals surface area contributed by atoms with E-state index in [-0.39, 0.29) is 19.1 Å². The summed E-state index contributed by atoms with van der Waals surface area (Å²) in [6.45, 7) is 0.146. The van der Waals surface area contributed by atoms with Crippen molar-refractivity contribution in [1.29, 1.82) is 0 Å². The van der Waals surface area contributed by atoms with Crippen LogP contribution in [0, 0.1) is 0 Å². The number of rotatable bonds is 6. The van der Waals surface area contributed by atoms with Crippen LogP contribution in [0.1, 0.15) is 24.8 Å². The number of aliphatic carboxylic acids is 1. The normalized spacial score (nSPS) is 24.0. The Balaban J connectivity index is 1.91. The molecule has 6 heteroatoms. The van der Waals surface area contributed by atoms with Crippen LogP contribution < -0.4 is 5.32 Å². The maximum absolute atomic E-state index is 11.9. The SMILES string of the molecule is COC1CCC1(CC(=O)O)NC(=O)OCc1ccccc1. The highest BCUT2D eigenvalue weighted by atomic mass is 16.5. The third-order valence-corrected chi connectivity index (χ3v) is 3.78. The van der Waals surface area contributed by atoms with Crippen LogP contribution in [0.15, 0.2) is 30.3 Å². The molecule has 2 rings (SSSR count). The molecule has 0 bridgehead atoms. The second-order valence-corrected chi connectivity index (χ2v) is 5.18. The molecule has 1 aromatic carbocycles. The lowest BCUT2D eigenvalue weighted by atomic mass is 9.71. The largest absolute Gasteiger partial charge is 0.481 e. The van der Waals surface area contributed by atoms with Crippen LogP contribution in [0.2, 0.25) is 0 Å². The summed E-state index contributed by atoms with van der Waals surface area (Å²) >= 11 is 0. The molecule has 6 nitrogen and oxygen atoms in total. The number of benzene rings is 1. The summed E-state index contributed by atoms with van der Waals surface area (Å²) in [6, 6.07) is 9.29. The Morgan fingerprint density at radius 2 is 2.10 bits per heavy atom. The van der Waals surface area contributed by atoms with Crippen LogP contribution in [-0.4, -0.2) is 35.9 Å². The topological polar surface area (TPSA) is 84.9 Å². The molecule has 0 aromatic heterocycles. The van der Waals surface area contributed by atoms with Crippen molar-refractivity contribution in [3.63, 3.8) is 0 Å². The van der Waals surface area contributed by atoms with Crippen LogP contribution in [-0.2, 0) is 20.9 Å². The minimum atomic E-state index is -0.972. The lowest BCUT2D eigenvalue weighted by Gasteiger charge is -2.47. The molecule has 2 N–H and O–H groups in total. The van der Waals surface area contributed by atoms with Gasteiger partial charge in [0.25, 0.3) is 0 Å². The minimum Gasteiger partial charge on any atom is -0.481 e. The van der Waals surface area contributed by atoms with E-state index in [1.54, 1.807) is 0 Å². The highest BCUT2D eigenvalue weighted by Gasteiger charge is 2.50. The third-order valence-electron chi connectivity index (χ3n) is 3.78. The number of carboxylic acid groups (broad SMARTS) is 1. The van der Waals surface area contributed by atoms with E-state index in [4.69, 9.17) is 14.6 Å². The molecule has 2 unspecified atom stereocenters. The molecule has 0 radical (unpaired) electrons. The van der Waals surface area contributed by atoms with Gasteiger partial charge in [-0.1, -0.05) is 30.3 Å². The summed E-state index contributed by atoms with van der Waals surface area (Å²) in [5.74, 6) is -0.972. The van der Waals surface area contributed by atoms with Gasteiger partial charge in [0.15, 0.2) is 0 Å². The zero-order valence-electron chi connectivity index (χ0n) is 11.9. The van der Waals surface area contributed by atoms with E-state index in [1.807, 2.05) is 30.3 Å². The Morgan fingerprint density at radius 3 is 2.62 bits per heavy atom. The zero-order chi connectivity index (χ0) is 15.3. The molecule has 0 saturated heterocycles. The molecule has 1 aliphatic carbocycles. The van der Waals surface area contributed by atoms with Crippen molar-refractivity contribution in [1.82, 2.24) is 5.32 Å². The predicted octanol–water partition coefficient (Wildman–Crippen LogP) is 1.94. The van der Waals surface area contributed by atoms with Gasteiger partial charge in [0.1, 0.15) is 6.61 Å². The first-order chi connectivity index (χ1) is 10.1. The number of hydrogen-bond acceptors (Lipinski definition) is 4. The highest BCUT2D eigenvalue weighted by Crippen LogP contribution is 2.37. The monoisotopic (exact) mass is 293 g/mol. The van der Waals surface area contributed by atoms with Crippen LogP contribution in [0.5, 0.6) is 0 Å². The number of nitrogens with one attached hydrogen (secondary N) is 1. The van der Waals surface area contributed by atoms with Crippen LogP contribution >= 0.6 is 0 Å². The lowest BCUT2D eigenvalue weighted by molar-refractivity contribution is -0.144. The molecular weight excluding hydrogens is 274 g/mol. The van der Waals surface area contributed by atoms with Crippen molar-refractivity contribution in [2.45, 2.75) is 37.5 Å². The summed E-state index contributed by atoms with van der Waals surface area (Å²) in [6.07, 6.45) is 0.201. The van der Waals surface area contributed by atoms with Gasteiger partial charge in [-0.15, -0.1) is 0 Å². The van der Waals surface area contributed by atoms with Gasteiger partial charge in [0, 0.05) is 7.11 Å². The zero-order valence-corrected chi connectivity index (χ0v) is 11.9. The van der Waals surface area contributed by atoms with Gasteiger partial charge in [-0.25, -0.2) is 4.79 Å². The first-order valence-electron chi connectivity index (χ1n) is 6.79. The quantitative estimate of drug-likeness (QED) is 0.837. The first kappa shape index (κ1) is 15.3. The molecule has 21 heavy (non-hydrogen) atoms. The van der Waals surface area contributed by atoms with E-state index >= 15 is 0 Å². The minimum absolute atomic E-state index is 0.146. The number of methoxy groups -OCH3 is 1. The molecule has 1 saturated carbocycles. The maximum atomic E-state index is 11.9. The molecule has 1 aromatic rings. The Bertz CT molecular complexity index is 502. The van der Waals surface area contributed by atoms with Crippen LogP contribution in [0.3, 0.4) is 0 Å². The van der Waals surface area contributed by atoms with E-state index in [0.29, 0.717) is 6.42 Å². The molecule has 114 valence electrons. The van der Waals surface area contributed by atoms with Crippen LogP contribution in [0.4, 0.5) is 4.79 Å². The standard InChI is InChI=1S/C15H19NO5/c1-20-12-7-8-15(12,9-13(17)18)16-14(19)21-10-11-5-3-2-4-6-11/h2-6,12H,7-10H2,1H3,(H,16,19)(H,17,18). The number of hydrogen-bond donors (Lipinski definition) is 2. The second kappa shape index (κ2) is 6.58. The number of ether oxygens (including phenoxy) is 2. The smallest absolute Gasteiger partial charge is 0.408 e. The number of carboxylic acids is 1. The van der Waals surface area contributed by atoms with E-state index in [0.717, 1.165) is 12.0 Å². The van der Waals surface area contributed by atoms with Gasteiger partial charge in [0.05, 0.1) is 18.1 Å². The fraction of sp³-hybridized carbons (Fsp3) is 0.467. The summed E-state index contributed by atoms with van der Waals surface area (Å²) in [5, 5.41) is 11.7. The molecular formula is C15H19NO5. The summed E-state index contributed by atoms with van der Waals surface area (Å²) in [7, 11) is 1.51. The second-order valence-electron chi connectivity index (χ2n) is 5.18. The van der Waals surface area contributed by atoms with E-state index in [9.17, 15) is 9.59 Å². The molecule has 1 amide bonds. The Morgan fingerprint density at radius 1 is 1.38 bits per heavy atom. The van der Waals surface area contributed by atoms with E-state index in [1.165, 1.54) is 7.11 Å². The molecule has 1 aliphatic rings. The number of carbonyl (C=O) groups is 2. The van der Waals surface area contributed by atoms with E-state index < -0.39 is 17.6 Å². The van der Waals surface area contributed by atoms with Gasteiger partial charge < -0.3 is 19.9 Å². The number of carbonyl (C=O) groups excluding carboxylic acids is 1. The average Bonchev–Trinajstić information content (AvgIpc) is 2.44. The van der Waals surface area contributed by atoms with Crippen molar-refractivity contribution in [2.24, 2.45) is 0 Å². The van der Waals surface area contributed by atoms with Gasteiger partial charge in [0.2, 0.25) is 0 Å². The summed E-state index contributed by atoms with van der Waals surface area (Å²) < 4.78 is 10.4. The first-order valence-corrected chi connectivity index (χ1v) is 6.79. The Hall–Kier alpha value is -2.08. The van der Waals surface area contributed by atoms with Crippen molar-refractivity contribution in [3.05, 3.63) is 35.9 Å². The number of amides is 1. The van der Waals surface area contributed by atoms with Crippen molar-refractivity contribution in [3.8, 4) is 0 Å². The fourth-order valence-electron chi connectivity index (χ4n) is 2.58. The van der Waals surface area contributed by atoms with E-state index in [2.05, 4.69) is 5.32 Å². The molecule has 2 atom stereocenters. The highest BCUT2D eigenvalue weighted by molar-refractivity contribution is 5.73. The van der Waals surface area contributed by atoms with Crippen molar-refractivity contribution in [2.75, 3.05) is 7.11 Å². The Kier molecular flexibility index (Phi) is 4.80. The molecule has 0 aliphatic heterocycles. The van der Waals surface area contributed by atoms with Gasteiger partial charge in [-0.3, -0.25) is 4.79 Å². The third kappa shape index (κ3) is 3.72. The maximum Gasteiger partial charge on any atom is 0.408 e. The van der Waals surface area contributed by atoms with Gasteiger partial charge in [-0.2, -0.15) is 0 Å². The Labute approximate surface area is 123 Å². The lowest BCUT2D eigenvalue weighted by Crippen LogP contribution is -2.64. The number of alkyl carbamates (subject to hydrolysis) is 1. The van der Waals surface area contributed by atoms with Gasteiger partial charge in [-0.05, 0) is 18.4 Å². The molecule has 1 fully saturated rings. The summed E-state index contributed by atoms with van der Waals surface area (Å²) in [5.41, 5.74) is 0.00536. The van der Waals surface area contributed by atoms with Crippen LogP contribution in [0.25, 0.3) is 0 Å². The average molecular weight is 293 g/mol. The predicted molar refractivity (Wildman–Crippen MR) is 74.8 cm³/mol. The molecule has 0 heterocycles. The van der Waals surface area contributed by atoms with Crippen molar-refractivity contribution >= 4 is 12.1 Å². The van der Waals surface area contributed by atoms with Gasteiger partial charge >= 0.3 is 12.1 Å².